The minimum atomic E-state index is -0.433. The molecule has 1 heterocycles. The van der Waals surface area contributed by atoms with Gasteiger partial charge in [0.15, 0.2) is 11.5 Å². The van der Waals surface area contributed by atoms with E-state index in [0.29, 0.717) is 35.3 Å². The number of thiophene rings is 1. The maximum atomic E-state index is 12.2. The Balaban J connectivity index is 1.99. The van der Waals surface area contributed by atoms with Crippen LogP contribution in [0.1, 0.15) is 26.7 Å². The zero-order valence-corrected chi connectivity index (χ0v) is 16.9. The van der Waals surface area contributed by atoms with E-state index < -0.39 is 4.92 Å². The highest BCUT2D eigenvalue weighted by Crippen LogP contribution is 2.34. The first-order valence-corrected chi connectivity index (χ1v) is 10.5. The van der Waals surface area contributed by atoms with Gasteiger partial charge in [-0.05, 0) is 36.4 Å². The van der Waals surface area contributed by atoms with Crippen molar-refractivity contribution in [1.29, 1.82) is 0 Å². The summed E-state index contributed by atoms with van der Waals surface area (Å²) in [5, 5.41) is 15.4. The van der Waals surface area contributed by atoms with E-state index >= 15 is 0 Å². The van der Waals surface area contributed by atoms with E-state index in [9.17, 15) is 14.9 Å². The summed E-state index contributed by atoms with van der Waals surface area (Å²) in [6.07, 6.45) is 1.75. The van der Waals surface area contributed by atoms with Crippen molar-refractivity contribution in [2.45, 2.75) is 31.6 Å². The SMILES string of the molecule is CCCOc1ccc(NC(=O)CSc2ccsc2[N+](=O)[O-])cc1OCCC. The number of nitrogens with one attached hydrogen (secondary N) is 1. The molecule has 1 amide bonds. The second-order valence-corrected chi connectivity index (χ2v) is 7.45. The number of hydrogen-bond donors (Lipinski definition) is 1. The minimum Gasteiger partial charge on any atom is -0.490 e. The fraction of sp³-hybridized carbons (Fsp3) is 0.389. The fourth-order valence-electron chi connectivity index (χ4n) is 2.11. The molecular formula is C18H22N2O5S2. The topological polar surface area (TPSA) is 90.7 Å². The lowest BCUT2D eigenvalue weighted by Crippen LogP contribution is -2.14. The molecule has 9 heteroatoms. The first-order chi connectivity index (χ1) is 13.0. The van der Waals surface area contributed by atoms with Crippen molar-refractivity contribution in [2.24, 2.45) is 0 Å². The molecule has 1 aromatic carbocycles. The van der Waals surface area contributed by atoms with E-state index in [1.165, 1.54) is 0 Å². The Labute approximate surface area is 166 Å². The molecule has 0 spiro atoms. The van der Waals surface area contributed by atoms with Crippen molar-refractivity contribution in [3.05, 3.63) is 39.8 Å². The molecule has 0 radical (unpaired) electrons. The Morgan fingerprint density at radius 2 is 1.89 bits per heavy atom. The van der Waals surface area contributed by atoms with Crippen LogP contribution in [0.2, 0.25) is 0 Å². The Kier molecular flexibility index (Phi) is 8.41. The van der Waals surface area contributed by atoms with Crippen molar-refractivity contribution in [2.75, 3.05) is 24.3 Å². The third kappa shape index (κ3) is 6.44. The predicted octanol–water partition coefficient (Wildman–Crippen LogP) is 4.96. The van der Waals surface area contributed by atoms with Crippen LogP contribution in [-0.4, -0.2) is 29.8 Å². The lowest BCUT2D eigenvalue weighted by Gasteiger charge is -2.14. The van der Waals surface area contributed by atoms with E-state index in [2.05, 4.69) is 5.32 Å². The lowest BCUT2D eigenvalue weighted by atomic mass is 10.2. The number of rotatable bonds is 11. The van der Waals surface area contributed by atoms with E-state index in [0.717, 1.165) is 35.9 Å². The molecule has 0 unspecified atom stereocenters. The number of carbonyl (C=O) groups excluding carboxylic acids is 1. The van der Waals surface area contributed by atoms with Crippen molar-refractivity contribution < 1.29 is 19.2 Å². The van der Waals surface area contributed by atoms with Crippen LogP contribution in [-0.2, 0) is 4.79 Å². The summed E-state index contributed by atoms with van der Waals surface area (Å²) in [6, 6.07) is 6.90. The number of carbonyl (C=O) groups is 1. The van der Waals surface area contributed by atoms with Crippen LogP contribution in [0.25, 0.3) is 0 Å². The van der Waals surface area contributed by atoms with Gasteiger partial charge in [-0.3, -0.25) is 14.9 Å². The maximum absolute atomic E-state index is 12.2. The Morgan fingerprint density at radius 3 is 2.56 bits per heavy atom. The van der Waals surface area contributed by atoms with Crippen LogP contribution in [0.5, 0.6) is 11.5 Å². The molecular weight excluding hydrogens is 388 g/mol. The predicted molar refractivity (Wildman–Crippen MR) is 108 cm³/mol. The summed E-state index contributed by atoms with van der Waals surface area (Å²) in [4.78, 5) is 23.2. The third-order valence-corrected chi connectivity index (χ3v) is 5.33. The number of amides is 1. The van der Waals surface area contributed by atoms with Crippen molar-refractivity contribution in [3.8, 4) is 11.5 Å². The molecule has 0 aliphatic rings. The lowest BCUT2D eigenvalue weighted by molar-refractivity contribution is -0.382. The highest BCUT2D eigenvalue weighted by atomic mass is 32.2. The Bertz CT molecular complexity index is 779. The molecule has 0 fully saturated rings. The van der Waals surface area contributed by atoms with Gasteiger partial charge in [0.05, 0.1) is 28.8 Å². The van der Waals surface area contributed by atoms with Crippen LogP contribution in [0.3, 0.4) is 0 Å². The number of benzene rings is 1. The number of nitro groups is 1. The molecule has 0 saturated carbocycles. The molecule has 1 N–H and O–H groups in total. The summed E-state index contributed by atoms with van der Waals surface area (Å²) in [5.41, 5.74) is 0.593. The normalized spacial score (nSPS) is 10.4. The summed E-state index contributed by atoms with van der Waals surface area (Å²) < 4.78 is 11.4. The zero-order valence-electron chi connectivity index (χ0n) is 15.2. The van der Waals surface area contributed by atoms with Crippen molar-refractivity contribution in [1.82, 2.24) is 0 Å². The average molecular weight is 411 g/mol. The highest BCUT2D eigenvalue weighted by molar-refractivity contribution is 8.00. The standard InChI is InChI=1S/C18H22N2O5S2/c1-3-8-24-14-6-5-13(11-15(14)25-9-4-2)19-17(21)12-27-16-7-10-26-18(16)20(22)23/h5-7,10-11H,3-4,8-9,12H2,1-2H3,(H,19,21). The van der Waals surface area contributed by atoms with Gasteiger partial charge in [-0.15, -0.1) is 11.8 Å². The molecule has 27 heavy (non-hydrogen) atoms. The average Bonchev–Trinajstić information content (AvgIpc) is 3.13. The molecule has 0 atom stereocenters. The van der Waals surface area contributed by atoms with Gasteiger partial charge in [0.1, 0.15) is 0 Å². The molecule has 2 rings (SSSR count). The smallest absolute Gasteiger partial charge is 0.337 e. The van der Waals surface area contributed by atoms with E-state index in [4.69, 9.17) is 9.47 Å². The number of ether oxygens (including phenoxy) is 2. The monoisotopic (exact) mass is 410 g/mol. The summed E-state index contributed by atoms with van der Waals surface area (Å²) >= 11 is 2.19. The summed E-state index contributed by atoms with van der Waals surface area (Å²) in [6.45, 7) is 5.18. The van der Waals surface area contributed by atoms with Crippen LogP contribution >= 0.6 is 23.1 Å². The Morgan fingerprint density at radius 1 is 1.19 bits per heavy atom. The summed E-state index contributed by atoms with van der Waals surface area (Å²) in [5.74, 6) is 1.07. The molecule has 146 valence electrons. The second kappa shape index (κ2) is 10.8. The molecule has 0 bridgehead atoms. The maximum Gasteiger partial charge on any atom is 0.337 e. The molecule has 2 aromatic rings. The zero-order chi connectivity index (χ0) is 19.6. The van der Waals surface area contributed by atoms with E-state index in [1.54, 1.807) is 29.6 Å². The van der Waals surface area contributed by atoms with Gasteiger partial charge in [0.2, 0.25) is 5.91 Å². The van der Waals surface area contributed by atoms with Gasteiger partial charge < -0.3 is 14.8 Å². The van der Waals surface area contributed by atoms with Crippen LogP contribution in [0.15, 0.2) is 34.5 Å². The largest absolute Gasteiger partial charge is 0.490 e. The van der Waals surface area contributed by atoms with Crippen LogP contribution in [0.4, 0.5) is 10.7 Å². The van der Waals surface area contributed by atoms with Crippen LogP contribution < -0.4 is 14.8 Å². The molecule has 7 nitrogen and oxygen atoms in total. The van der Waals surface area contributed by atoms with Gasteiger partial charge in [0.25, 0.3) is 0 Å². The molecule has 0 aliphatic heterocycles. The van der Waals surface area contributed by atoms with Gasteiger partial charge in [-0.25, -0.2) is 0 Å². The van der Waals surface area contributed by atoms with Gasteiger partial charge in [-0.1, -0.05) is 25.2 Å². The molecule has 0 saturated heterocycles. The fourth-order valence-corrected chi connectivity index (χ4v) is 3.85. The van der Waals surface area contributed by atoms with E-state index in [1.807, 2.05) is 13.8 Å². The first-order valence-electron chi connectivity index (χ1n) is 8.59. The number of nitrogens with zero attached hydrogens (tertiary/aromatic N) is 1. The summed E-state index contributed by atoms with van der Waals surface area (Å²) in [7, 11) is 0. The van der Waals surface area contributed by atoms with Gasteiger partial charge >= 0.3 is 5.00 Å². The minimum absolute atomic E-state index is 0.0560. The first kappa shape index (κ1) is 21.0. The van der Waals surface area contributed by atoms with Gasteiger partial charge in [0, 0.05) is 11.8 Å². The Hall–Kier alpha value is -2.26. The number of hydrogen-bond acceptors (Lipinski definition) is 7. The molecule has 0 aliphatic carbocycles. The number of anilines is 1. The quantitative estimate of drug-likeness (QED) is 0.320. The number of thioether (sulfide) groups is 1. The van der Waals surface area contributed by atoms with Crippen molar-refractivity contribution in [3.63, 3.8) is 0 Å². The van der Waals surface area contributed by atoms with Crippen molar-refractivity contribution >= 4 is 39.7 Å². The third-order valence-electron chi connectivity index (χ3n) is 3.29. The molecule has 1 aromatic heterocycles. The van der Waals surface area contributed by atoms with Crippen LogP contribution in [0, 0.1) is 10.1 Å². The second-order valence-electron chi connectivity index (χ2n) is 5.54. The van der Waals surface area contributed by atoms with E-state index in [-0.39, 0.29) is 16.7 Å². The highest BCUT2D eigenvalue weighted by Gasteiger charge is 2.17. The van der Waals surface area contributed by atoms with Gasteiger partial charge in [-0.2, -0.15) is 0 Å².